The molecule has 0 aliphatic carbocycles. The van der Waals surface area contributed by atoms with E-state index in [1.54, 1.807) is 0 Å². The number of aromatic nitrogens is 2. The summed E-state index contributed by atoms with van der Waals surface area (Å²) in [5.41, 5.74) is 5.83. The van der Waals surface area contributed by atoms with E-state index in [0.717, 1.165) is 0 Å². The van der Waals surface area contributed by atoms with Crippen molar-refractivity contribution in [2.75, 3.05) is 12.8 Å². The van der Waals surface area contributed by atoms with E-state index < -0.39 is 18.1 Å². The molecule has 1 aromatic rings. The molecule has 102 valence electrons. The number of anilines is 1. The van der Waals surface area contributed by atoms with Crippen molar-refractivity contribution in [3.8, 4) is 0 Å². The molecule has 0 saturated heterocycles. The summed E-state index contributed by atoms with van der Waals surface area (Å²) in [6.07, 6.45) is -1.35. The van der Waals surface area contributed by atoms with E-state index in [1.165, 1.54) is 24.1 Å². The lowest BCUT2D eigenvalue weighted by Gasteiger charge is -2.22. The van der Waals surface area contributed by atoms with E-state index in [9.17, 15) is 18.0 Å². The highest BCUT2D eigenvalue weighted by Gasteiger charge is 2.39. The zero-order valence-corrected chi connectivity index (χ0v) is 9.81. The number of nitrogens with one attached hydrogen (secondary N) is 1. The highest BCUT2D eigenvalue weighted by atomic mass is 19.4. The van der Waals surface area contributed by atoms with Gasteiger partial charge in [0.15, 0.2) is 0 Å². The van der Waals surface area contributed by atoms with Crippen LogP contribution in [0.4, 0.5) is 18.9 Å². The first-order valence-electron chi connectivity index (χ1n) is 5.34. The van der Waals surface area contributed by atoms with Crippen molar-refractivity contribution >= 4 is 12.0 Å². The number of aldehydes is 1. The Bertz CT molecular complexity index is 391. The molecule has 0 radical (unpaired) electrons. The third-order valence-electron chi connectivity index (χ3n) is 2.55. The molecule has 0 fully saturated rings. The molecule has 0 aliphatic heterocycles. The van der Waals surface area contributed by atoms with Crippen LogP contribution in [-0.2, 0) is 11.3 Å². The third-order valence-corrected chi connectivity index (χ3v) is 2.55. The number of alkyl halides is 3. The van der Waals surface area contributed by atoms with E-state index in [2.05, 4.69) is 10.4 Å². The first kappa shape index (κ1) is 14.5. The number of nitrogen functional groups attached to an aromatic ring is 1. The van der Waals surface area contributed by atoms with Crippen LogP contribution < -0.4 is 11.1 Å². The van der Waals surface area contributed by atoms with Crippen LogP contribution in [0.3, 0.4) is 0 Å². The van der Waals surface area contributed by atoms with Crippen molar-refractivity contribution < 1.29 is 18.0 Å². The zero-order chi connectivity index (χ0) is 13.8. The van der Waals surface area contributed by atoms with Crippen LogP contribution in [0.25, 0.3) is 0 Å². The Balaban J connectivity index is 2.64. The Morgan fingerprint density at radius 3 is 2.67 bits per heavy atom. The van der Waals surface area contributed by atoms with Crippen molar-refractivity contribution in [2.24, 2.45) is 5.92 Å². The summed E-state index contributed by atoms with van der Waals surface area (Å²) in [5, 5.41) is 5.99. The molecule has 1 aromatic heterocycles. The molecule has 2 unspecified atom stereocenters. The lowest BCUT2D eigenvalue weighted by atomic mass is 10.0. The Kier molecular flexibility index (Phi) is 4.71. The van der Waals surface area contributed by atoms with Crippen LogP contribution in [0.15, 0.2) is 12.4 Å². The quantitative estimate of drug-likeness (QED) is 0.746. The number of rotatable bonds is 6. The standard InChI is InChI=1S/C10H15F3N4O/c1-15-9(10(11,12)13)2-7(6-18)4-17-5-8(14)3-16-17/h3,5-7,9,15H,2,4,14H2,1H3. The summed E-state index contributed by atoms with van der Waals surface area (Å²) in [7, 11) is 1.21. The Morgan fingerprint density at radius 2 is 2.28 bits per heavy atom. The Labute approximate surface area is 102 Å². The summed E-state index contributed by atoms with van der Waals surface area (Å²) in [5.74, 6) is -0.775. The van der Waals surface area contributed by atoms with Gasteiger partial charge in [0.05, 0.1) is 18.4 Å². The smallest absolute Gasteiger partial charge is 0.396 e. The van der Waals surface area contributed by atoms with E-state index >= 15 is 0 Å². The normalized spacial score (nSPS) is 15.3. The fraction of sp³-hybridized carbons (Fsp3) is 0.600. The lowest BCUT2D eigenvalue weighted by Crippen LogP contribution is -2.42. The van der Waals surface area contributed by atoms with Crippen molar-refractivity contribution in [3.63, 3.8) is 0 Å². The van der Waals surface area contributed by atoms with Crippen molar-refractivity contribution in [2.45, 2.75) is 25.2 Å². The maximum absolute atomic E-state index is 12.5. The predicted molar refractivity (Wildman–Crippen MR) is 59.7 cm³/mol. The van der Waals surface area contributed by atoms with Gasteiger partial charge < -0.3 is 15.8 Å². The molecule has 0 bridgehead atoms. The second kappa shape index (κ2) is 5.85. The molecule has 0 saturated carbocycles. The van der Waals surface area contributed by atoms with Crippen molar-refractivity contribution in [1.29, 1.82) is 0 Å². The number of carbonyl (C=O) groups excluding carboxylic acids is 1. The fourth-order valence-corrected chi connectivity index (χ4v) is 1.61. The fourth-order valence-electron chi connectivity index (χ4n) is 1.61. The van der Waals surface area contributed by atoms with Crippen LogP contribution in [0.2, 0.25) is 0 Å². The van der Waals surface area contributed by atoms with Gasteiger partial charge in [0.1, 0.15) is 12.3 Å². The SMILES string of the molecule is CNC(CC(C=O)Cn1cc(N)cn1)C(F)(F)F. The Morgan fingerprint density at radius 1 is 1.61 bits per heavy atom. The summed E-state index contributed by atoms with van der Waals surface area (Å²) in [6.45, 7) is 0.0783. The number of nitrogens with zero attached hydrogens (tertiary/aromatic N) is 2. The van der Waals surface area contributed by atoms with Gasteiger partial charge in [-0.25, -0.2) is 0 Å². The van der Waals surface area contributed by atoms with Gasteiger partial charge in [-0.3, -0.25) is 4.68 Å². The number of nitrogens with two attached hydrogens (primary N) is 1. The van der Waals surface area contributed by atoms with Crippen LogP contribution >= 0.6 is 0 Å². The minimum Gasteiger partial charge on any atom is -0.396 e. The molecule has 0 spiro atoms. The highest BCUT2D eigenvalue weighted by molar-refractivity contribution is 5.53. The monoisotopic (exact) mass is 264 g/mol. The summed E-state index contributed by atoms with van der Waals surface area (Å²) in [6, 6.07) is -1.71. The largest absolute Gasteiger partial charge is 0.403 e. The molecule has 18 heavy (non-hydrogen) atoms. The van der Waals surface area contributed by atoms with Crippen molar-refractivity contribution in [3.05, 3.63) is 12.4 Å². The number of hydrogen-bond acceptors (Lipinski definition) is 4. The molecule has 1 heterocycles. The number of halogens is 3. The molecule has 1 rings (SSSR count). The average molecular weight is 264 g/mol. The minimum atomic E-state index is -4.38. The van der Waals surface area contributed by atoms with Gasteiger partial charge >= 0.3 is 6.18 Å². The molecule has 5 nitrogen and oxygen atoms in total. The molecule has 2 atom stereocenters. The summed E-state index contributed by atoms with van der Waals surface area (Å²) < 4.78 is 39.0. The molecule has 3 N–H and O–H groups in total. The topological polar surface area (TPSA) is 72.9 Å². The molecular weight excluding hydrogens is 249 g/mol. The van der Waals surface area contributed by atoms with Gasteiger partial charge in [0, 0.05) is 12.1 Å². The molecule has 0 amide bonds. The molecule has 0 aromatic carbocycles. The zero-order valence-electron chi connectivity index (χ0n) is 9.81. The minimum absolute atomic E-state index is 0.0783. The maximum Gasteiger partial charge on any atom is 0.403 e. The van der Waals surface area contributed by atoms with Gasteiger partial charge in [0.2, 0.25) is 0 Å². The molecule has 8 heteroatoms. The van der Waals surface area contributed by atoms with Gasteiger partial charge in [-0.15, -0.1) is 0 Å². The van der Waals surface area contributed by atoms with Crippen LogP contribution in [0.5, 0.6) is 0 Å². The van der Waals surface area contributed by atoms with Gasteiger partial charge in [-0.05, 0) is 13.5 Å². The van der Waals surface area contributed by atoms with Crippen LogP contribution in [0, 0.1) is 5.92 Å². The van der Waals surface area contributed by atoms with E-state index in [4.69, 9.17) is 5.73 Å². The number of carbonyl (C=O) groups is 1. The van der Waals surface area contributed by atoms with Crippen molar-refractivity contribution in [1.82, 2.24) is 15.1 Å². The highest BCUT2D eigenvalue weighted by Crippen LogP contribution is 2.25. The first-order valence-corrected chi connectivity index (χ1v) is 5.34. The van der Waals surface area contributed by atoms with Gasteiger partial charge in [-0.2, -0.15) is 18.3 Å². The lowest BCUT2D eigenvalue weighted by molar-refractivity contribution is -0.158. The summed E-state index contributed by atoms with van der Waals surface area (Å²) in [4.78, 5) is 10.8. The third kappa shape index (κ3) is 4.02. The second-order valence-corrected chi connectivity index (χ2v) is 4.01. The molecular formula is C10H15F3N4O. The second-order valence-electron chi connectivity index (χ2n) is 4.01. The summed E-state index contributed by atoms with van der Waals surface area (Å²) >= 11 is 0. The van der Waals surface area contributed by atoms with Gasteiger partial charge in [0.25, 0.3) is 0 Å². The Hall–Kier alpha value is -1.57. The van der Waals surface area contributed by atoms with Gasteiger partial charge in [-0.1, -0.05) is 0 Å². The van der Waals surface area contributed by atoms with E-state index in [-0.39, 0.29) is 13.0 Å². The molecule has 0 aliphatic rings. The predicted octanol–water partition coefficient (Wildman–Crippen LogP) is 0.821. The van der Waals surface area contributed by atoms with E-state index in [0.29, 0.717) is 12.0 Å². The number of hydrogen-bond donors (Lipinski definition) is 2. The maximum atomic E-state index is 12.5. The van der Waals surface area contributed by atoms with Crippen LogP contribution in [0.1, 0.15) is 6.42 Å². The first-order chi connectivity index (χ1) is 8.36. The average Bonchev–Trinajstić information content (AvgIpc) is 2.68. The van der Waals surface area contributed by atoms with E-state index in [1.807, 2.05) is 0 Å². The van der Waals surface area contributed by atoms with Crippen LogP contribution in [-0.4, -0.2) is 35.3 Å².